The number of nitrogen functional groups attached to an aromatic ring is 1. The standard InChI is InChI=1S/C14H19N3S/c1-10-16-13-8-11(15)5-6-14(13)17(10)9-12-4-2-3-7-18-12/h5-6,8,12H,2-4,7,9,15H2,1H3. The number of nitrogens with zero attached hydrogens (tertiary/aromatic N) is 2. The summed E-state index contributed by atoms with van der Waals surface area (Å²) in [6, 6.07) is 6.03. The number of imidazole rings is 1. The molecule has 1 unspecified atom stereocenters. The van der Waals surface area contributed by atoms with Gasteiger partial charge < -0.3 is 10.3 Å². The van der Waals surface area contributed by atoms with Crippen molar-refractivity contribution >= 4 is 28.5 Å². The van der Waals surface area contributed by atoms with E-state index in [1.54, 1.807) is 0 Å². The normalized spacial score (nSPS) is 20.4. The van der Waals surface area contributed by atoms with Crippen LogP contribution in [0.5, 0.6) is 0 Å². The van der Waals surface area contributed by atoms with E-state index >= 15 is 0 Å². The lowest BCUT2D eigenvalue weighted by Crippen LogP contribution is -2.17. The largest absolute Gasteiger partial charge is 0.399 e. The van der Waals surface area contributed by atoms with Crippen LogP contribution in [0, 0.1) is 6.92 Å². The van der Waals surface area contributed by atoms with Gasteiger partial charge in [0.15, 0.2) is 0 Å². The third kappa shape index (κ3) is 2.21. The first-order chi connectivity index (χ1) is 8.74. The van der Waals surface area contributed by atoms with E-state index in [1.165, 1.54) is 30.5 Å². The highest BCUT2D eigenvalue weighted by molar-refractivity contribution is 7.99. The first-order valence-corrected chi connectivity index (χ1v) is 7.63. The van der Waals surface area contributed by atoms with Crippen LogP contribution >= 0.6 is 11.8 Å². The Hall–Kier alpha value is -1.16. The van der Waals surface area contributed by atoms with Crippen LogP contribution in [0.4, 0.5) is 5.69 Å². The quantitative estimate of drug-likeness (QED) is 0.844. The smallest absolute Gasteiger partial charge is 0.106 e. The molecule has 2 N–H and O–H groups in total. The molecule has 0 aliphatic carbocycles. The number of hydrogen-bond acceptors (Lipinski definition) is 3. The number of benzene rings is 1. The van der Waals surface area contributed by atoms with Crippen LogP contribution in [0.15, 0.2) is 18.2 Å². The molecule has 2 heterocycles. The molecule has 0 radical (unpaired) electrons. The van der Waals surface area contributed by atoms with Crippen molar-refractivity contribution in [1.82, 2.24) is 9.55 Å². The number of nitrogens with two attached hydrogens (primary N) is 1. The Morgan fingerprint density at radius 3 is 3.11 bits per heavy atom. The van der Waals surface area contributed by atoms with Crippen molar-refractivity contribution in [2.75, 3.05) is 11.5 Å². The minimum Gasteiger partial charge on any atom is -0.399 e. The van der Waals surface area contributed by atoms with Crippen molar-refractivity contribution in [2.45, 2.75) is 38.0 Å². The highest BCUT2D eigenvalue weighted by Gasteiger charge is 2.17. The fourth-order valence-corrected chi connectivity index (χ4v) is 3.94. The number of rotatable bonds is 2. The Morgan fingerprint density at radius 1 is 1.44 bits per heavy atom. The Balaban J connectivity index is 1.92. The number of aryl methyl sites for hydroxylation is 1. The summed E-state index contributed by atoms with van der Waals surface area (Å²) in [6.07, 6.45) is 4.08. The maximum Gasteiger partial charge on any atom is 0.106 e. The molecule has 3 nitrogen and oxygen atoms in total. The van der Waals surface area contributed by atoms with Crippen LogP contribution in [0.1, 0.15) is 25.1 Å². The minimum atomic E-state index is 0.743. The molecule has 1 saturated heterocycles. The molecule has 96 valence electrons. The van der Waals surface area contributed by atoms with Crippen molar-refractivity contribution in [3.8, 4) is 0 Å². The molecular formula is C14H19N3S. The summed E-state index contributed by atoms with van der Waals surface area (Å²) < 4.78 is 2.35. The molecule has 18 heavy (non-hydrogen) atoms. The summed E-state index contributed by atoms with van der Waals surface area (Å²) in [5.74, 6) is 2.41. The lowest BCUT2D eigenvalue weighted by atomic mass is 10.2. The Morgan fingerprint density at radius 2 is 2.33 bits per heavy atom. The highest BCUT2D eigenvalue weighted by atomic mass is 32.2. The first-order valence-electron chi connectivity index (χ1n) is 6.58. The summed E-state index contributed by atoms with van der Waals surface area (Å²) in [4.78, 5) is 4.61. The molecule has 0 saturated carbocycles. The van der Waals surface area contributed by atoms with Gasteiger partial charge in [0.25, 0.3) is 0 Å². The summed E-state index contributed by atoms with van der Waals surface area (Å²) in [5.41, 5.74) is 8.84. The van der Waals surface area contributed by atoms with Crippen LogP contribution in [-0.4, -0.2) is 20.6 Å². The van der Waals surface area contributed by atoms with Crippen molar-refractivity contribution in [1.29, 1.82) is 0 Å². The molecule has 1 aromatic carbocycles. The van der Waals surface area contributed by atoms with Crippen LogP contribution < -0.4 is 5.73 Å². The maximum absolute atomic E-state index is 5.81. The molecule has 1 aromatic heterocycles. The molecule has 0 spiro atoms. The average molecular weight is 261 g/mol. The van der Waals surface area contributed by atoms with E-state index in [0.29, 0.717) is 0 Å². The predicted octanol–water partition coefficient (Wildman–Crippen LogP) is 3.21. The Bertz CT molecular complexity index is 555. The van der Waals surface area contributed by atoms with Crippen molar-refractivity contribution in [2.24, 2.45) is 0 Å². The van der Waals surface area contributed by atoms with Gasteiger partial charge in [0.1, 0.15) is 5.82 Å². The molecule has 1 aliphatic rings. The Kier molecular flexibility index (Phi) is 3.20. The lowest BCUT2D eigenvalue weighted by Gasteiger charge is -2.22. The van der Waals surface area contributed by atoms with Crippen molar-refractivity contribution < 1.29 is 0 Å². The van der Waals surface area contributed by atoms with Crippen molar-refractivity contribution in [3.63, 3.8) is 0 Å². The molecule has 3 rings (SSSR count). The molecule has 1 fully saturated rings. The topological polar surface area (TPSA) is 43.8 Å². The zero-order chi connectivity index (χ0) is 12.5. The number of thioether (sulfide) groups is 1. The SMILES string of the molecule is Cc1nc2cc(N)ccc2n1CC1CCCCS1. The highest BCUT2D eigenvalue weighted by Crippen LogP contribution is 2.28. The number of anilines is 1. The van der Waals surface area contributed by atoms with Gasteiger partial charge >= 0.3 is 0 Å². The number of aromatic nitrogens is 2. The summed E-state index contributed by atoms with van der Waals surface area (Å²) >= 11 is 2.11. The monoisotopic (exact) mass is 261 g/mol. The van der Waals surface area contributed by atoms with Crippen LogP contribution in [0.2, 0.25) is 0 Å². The second kappa shape index (κ2) is 4.84. The van der Waals surface area contributed by atoms with E-state index in [1.807, 2.05) is 12.1 Å². The third-order valence-electron chi connectivity index (χ3n) is 3.62. The summed E-state index contributed by atoms with van der Waals surface area (Å²) in [6.45, 7) is 3.17. The minimum absolute atomic E-state index is 0.743. The van der Waals surface area contributed by atoms with E-state index < -0.39 is 0 Å². The van der Waals surface area contributed by atoms with E-state index in [9.17, 15) is 0 Å². The second-order valence-electron chi connectivity index (χ2n) is 5.01. The molecule has 4 heteroatoms. The van der Waals surface area contributed by atoms with Gasteiger partial charge in [-0.05, 0) is 43.7 Å². The predicted molar refractivity (Wildman–Crippen MR) is 79.0 cm³/mol. The summed E-state index contributed by atoms with van der Waals surface area (Å²) in [5, 5.41) is 0.743. The zero-order valence-electron chi connectivity index (χ0n) is 10.7. The average Bonchev–Trinajstić information content (AvgIpc) is 2.66. The Labute approximate surface area is 112 Å². The van der Waals surface area contributed by atoms with Crippen LogP contribution in [0.25, 0.3) is 11.0 Å². The van der Waals surface area contributed by atoms with Gasteiger partial charge in [0.05, 0.1) is 11.0 Å². The third-order valence-corrected chi connectivity index (χ3v) is 5.00. The zero-order valence-corrected chi connectivity index (χ0v) is 11.5. The maximum atomic E-state index is 5.81. The molecule has 0 amide bonds. The van der Waals surface area contributed by atoms with Gasteiger partial charge in [-0.25, -0.2) is 4.98 Å². The lowest BCUT2D eigenvalue weighted by molar-refractivity contribution is 0.583. The molecular weight excluding hydrogens is 242 g/mol. The number of fused-ring (bicyclic) bond motifs is 1. The van der Waals surface area contributed by atoms with E-state index in [-0.39, 0.29) is 0 Å². The molecule has 0 bridgehead atoms. The first kappa shape index (κ1) is 11.9. The van der Waals surface area contributed by atoms with E-state index in [4.69, 9.17) is 5.73 Å². The van der Waals surface area contributed by atoms with Gasteiger partial charge in [-0.3, -0.25) is 0 Å². The van der Waals surface area contributed by atoms with Gasteiger partial charge in [-0.2, -0.15) is 11.8 Å². The van der Waals surface area contributed by atoms with Gasteiger partial charge in [0.2, 0.25) is 0 Å². The second-order valence-corrected chi connectivity index (χ2v) is 6.41. The van der Waals surface area contributed by atoms with Gasteiger partial charge in [-0.15, -0.1) is 0 Å². The molecule has 2 aromatic rings. The molecule has 1 atom stereocenters. The van der Waals surface area contributed by atoms with Crippen LogP contribution in [-0.2, 0) is 6.54 Å². The van der Waals surface area contributed by atoms with E-state index in [0.717, 1.165) is 28.8 Å². The number of hydrogen-bond donors (Lipinski definition) is 1. The molecule has 1 aliphatic heterocycles. The van der Waals surface area contributed by atoms with Crippen molar-refractivity contribution in [3.05, 3.63) is 24.0 Å². The van der Waals surface area contributed by atoms with Gasteiger partial charge in [-0.1, -0.05) is 6.42 Å². The van der Waals surface area contributed by atoms with E-state index in [2.05, 4.69) is 34.3 Å². The van der Waals surface area contributed by atoms with Crippen LogP contribution in [0.3, 0.4) is 0 Å². The fraction of sp³-hybridized carbons (Fsp3) is 0.500. The fourth-order valence-electron chi connectivity index (χ4n) is 2.65. The van der Waals surface area contributed by atoms with Gasteiger partial charge in [0, 0.05) is 17.5 Å². The summed E-state index contributed by atoms with van der Waals surface area (Å²) in [7, 11) is 0.